The van der Waals surface area contributed by atoms with Crippen LogP contribution in [-0.4, -0.2) is 19.6 Å². The molecule has 0 saturated heterocycles. The minimum absolute atomic E-state index is 0.0258. The van der Waals surface area contributed by atoms with E-state index in [9.17, 15) is 4.79 Å². The van der Waals surface area contributed by atoms with E-state index < -0.39 is 0 Å². The van der Waals surface area contributed by atoms with Crippen LogP contribution in [-0.2, 0) is 9.63 Å². The number of benzene rings is 1. The molecule has 2 N–H and O–H groups in total. The summed E-state index contributed by atoms with van der Waals surface area (Å²) in [4.78, 5) is 15.8. The Labute approximate surface area is 97.5 Å². The van der Waals surface area contributed by atoms with Gasteiger partial charge in [-0.2, -0.15) is 5.48 Å². The van der Waals surface area contributed by atoms with Crippen molar-refractivity contribution in [3.63, 3.8) is 0 Å². The first-order valence-electron chi connectivity index (χ1n) is 4.15. The molecular weight excluding hydrogens is 239 g/mol. The Morgan fingerprint density at radius 2 is 2.00 bits per heavy atom. The van der Waals surface area contributed by atoms with Gasteiger partial charge < -0.3 is 10.2 Å². The molecule has 0 aliphatic heterocycles. The maximum absolute atomic E-state index is 11.3. The van der Waals surface area contributed by atoms with Crippen LogP contribution in [0.5, 0.6) is 0 Å². The van der Waals surface area contributed by atoms with Crippen molar-refractivity contribution in [1.29, 1.82) is 0 Å². The molecule has 0 radical (unpaired) electrons. The largest absolute Gasteiger partial charge is 0.322 e. The van der Waals surface area contributed by atoms with Crippen molar-refractivity contribution in [1.82, 2.24) is 5.48 Å². The van der Waals surface area contributed by atoms with Crippen LogP contribution in [0.15, 0.2) is 18.2 Å². The third-order valence-electron chi connectivity index (χ3n) is 1.60. The summed E-state index contributed by atoms with van der Waals surface area (Å²) in [5.74, 6) is -0.285. The lowest BCUT2D eigenvalue weighted by Crippen LogP contribution is -2.27. The monoisotopic (exact) mass is 248 g/mol. The van der Waals surface area contributed by atoms with Gasteiger partial charge in [-0.15, -0.1) is 0 Å². The maximum atomic E-state index is 11.3. The van der Waals surface area contributed by atoms with Crippen LogP contribution >= 0.6 is 23.2 Å². The Morgan fingerprint density at radius 1 is 1.40 bits per heavy atom. The Kier molecular flexibility index (Phi) is 4.84. The summed E-state index contributed by atoms with van der Waals surface area (Å²) in [5, 5.41) is 3.36. The lowest BCUT2D eigenvalue weighted by Gasteiger charge is -2.08. The molecule has 82 valence electrons. The van der Waals surface area contributed by atoms with E-state index in [1.807, 2.05) is 0 Å². The number of hydroxylamine groups is 1. The molecule has 1 rings (SSSR count). The Bertz CT molecular complexity index is 338. The first-order valence-corrected chi connectivity index (χ1v) is 4.90. The van der Waals surface area contributed by atoms with Crippen LogP contribution in [0.1, 0.15) is 0 Å². The first-order chi connectivity index (χ1) is 7.15. The highest BCUT2D eigenvalue weighted by molar-refractivity contribution is 6.39. The summed E-state index contributed by atoms with van der Waals surface area (Å²) in [5.41, 5.74) is 2.82. The van der Waals surface area contributed by atoms with E-state index in [2.05, 4.69) is 15.6 Å². The summed E-state index contributed by atoms with van der Waals surface area (Å²) in [6.45, 7) is 0.0258. The van der Waals surface area contributed by atoms with E-state index in [0.29, 0.717) is 15.7 Å². The van der Waals surface area contributed by atoms with E-state index in [0.717, 1.165) is 0 Å². The number of amides is 1. The second-order valence-electron chi connectivity index (χ2n) is 2.67. The summed E-state index contributed by atoms with van der Waals surface area (Å²) < 4.78 is 0. The number of nitrogens with one attached hydrogen (secondary N) is 2. The molecule has 0 bridgehead atoms. The van der Waals surface area contributed by atoms with Crippen molar-refractivity contribution in [2.45, 2.75) is 0 Å². The molecule has 0 aromatic heterocycles. The van der Waals surface area contributed by atoms with Crippen LogP contribution in [0.4, 0.5) is 5.69 Å². The van der Waals surface area contributed by atoms with E-state index in [-0.39, 0.29) is 12.5 Å². The number of halogens is 2. The van der Waals surface area contributed by atoms with Gasteiger partial charge in [-0.1, -0.05) is 29.3 Å². The van der Waals surface area contributed by atoms with Crippen LogP contribution in [0.3, 0.4) is 0 Å². The van der Waals surface area contributed by atoms with Gasteiger partial charge >= 0.3 is 0 Å². The topological polar surface area (TPSA) is 50.4 Å². The molecule has 0 aliphatic carbocycles. The minimum atomic E-state index is -0.285. The van der Waals surface area contributed by atoms with E-state index in [4.69, 9.17) is 23.2 Å². The molecule has 0 aliphatic rings. The molecule has 15 heavy (non-hydrogen) atoms. The molecule has 4 nitrogen and oxygen atoms in total. The number of hydrogen-bond donors (Lipinski definition) is 2. The summed E-state index contributed by atoms with van der Waals surface area (Å²) in [6.07, 6.45) is 0. The highest BCUT2D eigenvalue weighted by Gasteiger charge is 2.08. The molecule has 0 heterocycles. The highest BCUT2D eigenvalue weighted by atomic mass is 35.5. The molecule has 1 aromatic rings. The summed E-state index contributed by atoms with van der Waals surface area (Å²) >= 11 is 11.7. The van der Waals surface area contributed by atoms with Gasteiger partial charge in [0.1, 0.15) is 6.54 Å². The van der Waals surface area contributed by atoms with Crippen molar-refractivity contribution >= 4 is 34.8 Å². The molecule has 1 aromatic carbocycles. The van der Waals surface area contributed by atoms with Gasteiger partial charge in [-0.05, 0) is 12.1 Å². The van der Waals surface area contributed by atoms with E-state index >= 15 is 0 Å². The Morgan fingerprint density at radius 3 is 2.53 bits per heavy atom. The molecule has 0 spiro atoms. The smallest absolute Gasteiger partial charge is 0.240 e. The average Bonchev–Trinajstić information content (AvgIpc) is 2.21. The fraction of sp³-hybridized carbons (Fsp3) is 0.222. The molecule has 1 amide bonds. The van der Waals surface area contributed by atoms with Gasteiger partial charge in [0.25, 0.3) is 0 Å². The van der Waals surface area contributed by atoms with Crippen LogP contribution in [0, 0.1) is 0 Å². The zero-order chi connectivity index (χ0) is 11.3. The lowest BCUT2D eigenvalue weighted by atomic mass is 10.3. The van der Waals surface area contributed by atoms with Crippen LogP contribution < -0.4 is 10.8 Å². The number of carbonyl (C=O) groups excluding carboxylic acids is 1. The average molecular weight is 249 g/mol. The Hall–Kier alpha value is -0.810. The normalized spacial score (nSPS) is 10.1. The van der Waals surface area contributed by atoms with E-state index in [1.165, 1.54) is 7.11 Å². The van der Waals surface area contributed by atoms with Gasteiger partial charge in [0.2, 0.25) is 5.91 Å². The number of carbonyl (C=O) groups is 1. The van der Waals surface area contributed by atoms with Crippen molar-refractivity contribution < 1.29 is 9.63 Å². The standard InChI is InChI=1S/C9H10Cl2N2O2/c1-15-12-5-8(14)13-9-6(10)3-2-4-7(9)11/h2-4,12H,5H2,1H3,(H,13,14). The van der Waals surface area contributed by atoms with Gasteiger partial charge in [-0.3, -0.25) is 4.79 Å². The van der Waals surface area contributed by atoms with Gasteiger partial charge in [-0.25, -0.2) is 0 Å². The minimum Gasteiger partial charge on any atom is -0.322 e. The summed E-state index contributed by atoms with van der Waals surface area (Å²) in [6, 6.07) is 4.99. The quantitative estimate of drug-likeness (QED) is 0.803. The lowest BCUT2D eigenvalue weighted by molar-refractivity contribution is -0.117. The van der Waals surface area contributed by atoms with Crippen molar-refractivity contribution in [3.8, 4) is 0 Å². The fourth-order valence-corrected chi connectivity index (χ4v) is 1.43. The van der Waals surface area contributed by atoms with Crippen LogP contribution in [0.25, 0.3) is 0 Å². The summed E-state index contributed by atoms with van der Waals surface area (Å²) in [7, 11) is 1.43. The molecular formula is C9H10Cl2N2O2. The second-order valence-corrected chi connectivity index (χ2v) is 3.48. The number of rotatable bonds is 4. The first kappa shape index (κ1) is 12.3. The molecule has 0 unspecified atom stereocenters. The number of anilines is 1. The second kappa shape index (κ2) is 5.92. The van der Waals surface area contributed by atoms with Crippen molar-refractivity contribution in [2.75, 3.05) is 19.0 Å². The molecule has 0 atom stereocenters. The Balaban J connectivity index is 2.68. The van der Waals surface area contributed by atoms with Crippen molar-refractivity contribution in [3.05, 3.63) is 28.2 Å². The van der Waals surface area contributed by atoms with Crippen LogP contribution in [0.2, 0.25) is 10.0 Å². The van der Waals surface area contributed by atoms with Gasteiger partial charge in [0.05, 0.1) is 22.8 Å². The van der Waals surface area contributed by atoms with Gasteiger partial charge in [0.15, 0.2) is 0 Å². The third-order valence-corrected chi connectivity index (χ3v) is 2.23. The number of para-hydroxylation sites is 1. The fourth-order valence-electron chi connectivity index (χ4n) is 0.939. The highest BCUT2D eigenvalue weighted by Crippen LogP contribution is 2.29. The maximum Gasteiger partial charge on any atom is 0.240 e. The molecule has 0 saturated carbocycles. The van der Waals surface area contributed by atoms with Gasteiger partial charge in [0, 0.05) is 0 Å². The van der Waals surface area contributed by atoms with Crippen molar-refractivity contribution in [2.24, 2.45) is 0 Å². The molecule has 0 fully saturated rings. The number of hydrogen-bond acceptors (Lipinski definition) is 3. The SMILES string of the molecule is CONCC(=O)Nc1c(Cl)cccc1Cl. The third kappa shape index (κ3) is 3.68. The molecule has 6 heteroatoms. The predicted octanol–water partition coefficient (Wildman–Crippen LogP) is 2.08. The zero-order valence-electron chi connectivity index (χ0n) is 8.01. The predicted molar refractivity (Wildman–Crippen MR) is 60.1 cm³/mol. The zero-order valence-corrected chi connectivity index (χ0v) is 9.52. The van der Waals surface area contributed by atoms with E-state index in [1.54, 1.807) is 18.2 Å².